The van der Waals surface area contributed by atoms with E-state index in [-0.39, 0.29) is 0 Å². The minimum absolute atomic E-state index is 0.396. The number of aromatic nitrogens is 1. The molecule has 1 aromatic heterocycles. The van der Waals surface area contributed by atoms with Crippen LogP contribution in [0, 0.1) is 20.8 Å². The number of ether oxygens (including phenoxy) is 1. The van der Waals surface area contributed by atoms with Crippen LogP contribution < -0.4 is 4.74 Å². The van der Waals surface area contributed by atoms with E-state index in [1.54, 1.807) is 6.20 Å². The van der Waals surface area contributed by atoms with Gasteiger partial charge in [0.2, 0.25) is 0 Å². The average molecular weight is 262 g/mol. The third-order valence-electron chi connectivity index (χ3n) is 2.79. The SMILES string of the molecule is Cc1ccc(C)c(Oc2cc(C)ncc2CCl)c1. The third kappa shape index (κ3) is 2.82. The molecule has 0 spiro atoms. The molecule has 18 heavy (non-hydrogen) atoms. The van der Waals surface area contributed by atoms with Gasteiger partial charge in [-0.15, -0.1) is 11.6 Å². The Balaban J connectivity index is 2.38. The summed E-state index contributed by atoms with van der Waals surface area (Å²) in [4.78, 5) is 4.23. The predicted octanol–water partition coefficient (Wildman–Crippen LogP) is 4.54. The van der Waals surface area contributed by atoms with Crippen LogP contribution in [0.15, 0.2) is 30.5 Å². The van der Waals surface area contributed by atoms with Gasteiger partial charge in [0.05, 0.1) is 5.88 Å². The monoisotopic (exact) mass is 261 g/mol. The molecule has 0 fully saturated rings. The molecule has 3 heteroatoms. The van der Waals surface area contributed by atoms with Crippen molar-refractivity contribution in [2.75, 3.05) is 0 Å². The number of alkyl halides is 1. The minimum atomic E-state index is 0.396. The van der Waals surface area contributed by atoms with Crippen LogP contribution in [-0.2, 0) is 5.88 Å². The van der Waals surface area contributed by atoms with Crippen LogP contribution in [0.25, 0.3) is 0 Å². The zero-order valence-corrected chi connectivity index (χ0v) is 11.6. The number of rotatable bonds is 3. The number of hydrogen-bond donors (Lipinski definition) is 0. The Labute approximate surface area is 113 Å². The van der Waals surface area contributed by atoms with Crippen LogP contribution in [-0.4, -0.2) is 4.98 Å². The molecular weight excluding hydrogens is 246 g/mol. The fourth-order valence-corrected chi connectivity index (χ4v) is 1.89. The second-order valence-electron chi connectivity index (χ2n) is 4.44. The quantitative estimate of drug-likeness (QED) is 0.757. The molecule has 0 unspecified atom stereocenters. The van der Waals surface area contributed by atoms with E-state index in [0.717, 1.165) is 28.3 Å². The van der Waals surface area contributed by atoms with Crippen LogP contribution in [0.5, 0.6) is 11.5 Å². The molecule has 2 nitrogen and oxygen atoms in total. The number of halogens is 1. The first kappa shape index (κ1) is 12.9. The Morgan fingerprint density at radius 3 is 2.61 bits per heavy atom. The first-order valence-electron chi connectivity index (χ1n) is 5.86. The summed E-state index contributed by atoms with van der Waals surface area (Å²) in [6, 6.07) is 8.07. The molecular formula is C15H16ClNO. The highest BCUT2D eigenvalue weighted by Crippen LogP contribution is 2.29. The summed E-state index contributed by atoms with van der Waals surface area (Å²) < 4.78 is 5.97. The van der Waals surface area contributed by atoms with Crippen molar-refractivity contribution in [2.45, 2.75) is 26.7 Å². The van der Waals surface area contributed by atoms with Gasteiger partial charge in [0, 0.05) is 23.5 Å². The van der Waals surface area contributed by atoms with Crippen molar-refractivity contribution in [3.8, 4) is 11.5 Å². The van der Waals surface area contributed by atoms with Gasteiger partial charge in [0.25, 0.3) is 0 Å². The summed E-state index contributed by atoms with van der Waals surface area (Å²) in [5.41, 5.74) is 4.11. The number of pyridine rings is 1. The molecule has 1 heterocycles. The molecule has 94 valence electrons. The Hall–Kier alpha value is -1.54. The molecule has 0 aliphatic rings. The maximum absolute atomic E-state index is 5.97. The minimum Gasteiger partial charge on any atom is -0.457 e. The molecule has 1 aromatic carbocycles. The van der Waals surface area contributed by atoms with Crippen LogP contribution in [0.4, 0.5) is 0 Å². The molecule has 0 radical (unpaired) electrons. The van der Waals surface area contributed by atoms with E-state index in [9.17, 15) is 0 Å². The van der Waals surface area contributed by atoms with Gasteiger partial charge in [0.15, 0.2) is 0 Å². The zero-order chi connectivity index (χ0) is 13.1. The van der Waals surface area contributed by atoms with Crippen molar-refractivity contribution in [1.82, 2.24) is 4.98 Å². The molecule has 2 rings (SSSR count). The number of hydrogen-bond acceptors (Lipinski definition) is 2. The normalized spacial score (nSPS) is 10.4. The van der Waals surface area contributed by atoms with Crippen molar-refractivity contribution in [1.29, 1.82) is 0 Å². The van der Waals surface area contributed by atoms with Gasteiger partial charge in [-0.2, -0.15) is 0 Å². The average Bonchev–Trinajstić information content (AvgIpc) is 2.34. The molecule has 0 N–H and O–H groups in total. The molecule has 0 saturated carbocycles. The molecule has 0 bridgehead atoms. The molecule has 0 aliphatic heterocycles. The number of aryl methyl sites for hydroxylation is 3. The maximum Gasteiger partial charge on any atom is 0.135 e. The fraction of sp³-hybridized carbons (Fsp3) is 0.267. The van der Waals surface area contributed by atoms with E-state index in [1.807, 2.05) is 32.9 Å². The van der Waals surface area contributed by atoms with Crippen LogP contribution in [0.2, 0.25) is 0 Å². The van der Waals surface area contributed by atoms with Crippen molar-refractivity contribution in [3.63, 3.8) is 0 Å². The summed E-state index contributed by atoms with van der Waals surface area (Å²) in [5.74, 6) is 2.05. The van der Waals surface area contributed by atoms with E-state index >= 15 is 0 Å². The summed E-state index contributed by atoms with van der Waals surface area (Å²) >= 11 is 5.90. The van der Waals surface area contributed by atoms with Gasteiger partial charge in [-0.05, 0) is 38.0 Å². The Kier molecular flexibility index (Phi) is 3.87. The van der Waals surface area contributed by atoms with Crippen LogP contribution in [0.1, 0.15) is 22.4 Å². The highest BCUT2D eigenvalue weighted by atomic mass is 35.5. The van der Waals surface area contributed by atoms with Crippen LogP contribution in [0.3, 0.4) is 0 Å². The lowest BCUT2D eigenvalue weighted by molar-refractivity contribution is 0.473. The lowest BCUT2D eigenvalue weighted by Gasteiger charge is -2.12. The van der Waals surface area contributed by atoms with Gasteiger partial charge >= 0.3 is 0 Å². The topological polar surface area (TPSA) is 22.1 Å². The summed E-state index contributed by atoms with van der Waals surface area (Å²) in [6.07, 6.45) is 1.77. The first-order chi connectivity index (χ1) is 8.60. The second-order valence-corrected chi connectivity index (χ2v) is 4.71. The van der Waals surface area contributed by atoms with Crippen molar-refractivity contribution < 1.29 is 4.74 Å². The first-order valence-corrected chi connectivity index (χ1v) is 6.40. The molecule has 0 saturated heterocycles. The van der Waals surface area contributed by atoms with E-state index in [1.165, 1.54) is 5.56 Å². The van der Waals surface area contributed by atoms with Gasteiger partial charge in [0.1, 0.15) is 11.5 Å². The smallest absolute Gasteiger partial charge is 0.135 e. The highest BCUT2D eigenvalue weighted by molar-refractivity contribution is 6.17. The fourth-order valence-electron chi connectivity index (χ4n) is 1.69. The summed E-state index contributed by atoms with van der Waals surface area (Å²) in [6.45, 7) is 6.02. The molecule has 0 aliphatic carbocycles. The predicted molar refractivity (Wildman–Crippen MR) is 74.5 cm³/mol. The van der Waals surface area contributed by atoms with Crippen LogP contribution >= 0.6 is 11.6 Å². The molecule has 2 aromatic rings. The molecule has 0 atom stereocenters. The van der Waals surface area contributed by atoms with Gasteiger partial charge in [-0.3, -0.25) is 4.98 Å². The summed E-state index contributed by atoms with van der Waals surface area (Å²) in [7, 11) is 0. The Morgan fingerprint density at radius 2 is 1.89 bits per heavy atom. The highest BCUT2D eigenvalue weighted by Gasteiger charge is 2.07. The Morgan fingerprint density at radius 1 is 1.11 bits per heavy atom. The standard InChI is InChI=1S/C15H16ClNO/c1-10-4-5-11(2)14(6-10)18-15-7-12(3)17-9-13(15)8-16/h4-7,9H,8H2,1-3H3. The largest absolute Gasteiger partial charge is 0.457 e. The van der Waals surface area contributed by atoms with Crippen molar-refractivity contribution >= 4 is 11.6 Å². The maximum atomic E-state index is 5.97. The van der Waals surface area contributed by atoms with E-state index in [4.69, 9.17) is 16.3 Å². The second kappa shape index (κ2) is 5.40. The van der Waals surface area contributed by atoms with E-state index < -0.39 is 0 Å². The molecule has 0 amide bonds. The zero-order valence-electron chi connectivity index (χ0n) is 10.8. The van der Waals surface area contributed by atoms with Gasteiger partial charge in [-0.25, -0.2) is 0 Å². The van der Waals surface area contributed by atoms with E-state index in [2.05, 4.69) is 17.1 Å². The van der Waals surface area contributed by atoms with E-state index in [0.29, 0.717) is 5.88 Å². The third-order valence-corrected chi connectivity index (χ3v) is 3.08. The van der Waals surface area contributed by atoms with Gasteiger partial charge < -0.3 is 4.74 Å². The van der Waals surface area contributed by atoms with Crippen molar-refractivity contribution in [2.24, 2.45) is 0 Å². The van der Waals surface area contributed by atoms with Crippen molar-refractivity contribution in [3.05, 3.63) is 52.8 Å². The summed E-state index contributed by atoms with van der Waals surface area (Å²) in [5, 5.41) is 0. The van der Waals surface area contributed by atoms with Gasteiger partial charge in [-0.1, -0.05) is 12.1 Å². The number of nitrogens with zero attached hydrogens (tertiary/aromatic N) is 1. The lowest BCUT2D eigenvalue weighted by Crippen LogP contribution is -1.94. The number of benzene rings is 1. The Bertz CT molecular complexity index is 566. The lowest BCUT2D eigenvalue weighted by atomic mass is 10.1.